The van der Waals surface area contributed by atoms with Gasteiger partial charge < -0.3 is 15.0 Å². The average Bonchev–Trinajstić information content (AvgIpc) is 2.77. The predicted octanol–water partition coefficient (Wildman–Crippen LogP) is 4.00. The summed E-state index contributed by atoms with van der Waals surface area (Å²) in [6.45, 7) is 2.96. The van der Waals surface area contributed by atoms with Gasteiger partial charge in [-0.15, -0.1) is 0 Å². The maximum Gasteiger partial charge on any atom is 0.253 e. The molecule has 2 heterocycles. The summed E-state index contributed by atoms with van der Waals surface area (Å²) < 4.78 is 5.24. The number of hydrogen-bond donors (Lipinski definition) is 1. The van der Waals surface area contributed by atoms with E-state index in [1.165, 1.54) is 0 Å². The van der Waals surface area contributed by atoms with Gasteiger partial charge in [-0.3, -0.25) is 14.6 Å². The fraction of sp³-hybridized carbons (Fsp3) is 0.292. The first-order valence-corrected chi connectivity index (χ1v) is 10.2. The van der Waals surface area contributed by atoms with Gasteiger partial charge in [0.05, 0.1) is 23.9 Å². The van der Waals surface area contributed by atoms with E-state index in [1.807, 2.05) is 60.4 Å². The monoisotopic (exact) mass is 403 g/mol. The minimum Gasteiger partial charge on any atom is -0.497 e. The molecule has 2 aromatic carbocycles. The van der Waals surface area contributed by atoms with Crippen molar-refractivity contribution >= 4 is 28.4 Å². The average molecular weight is 403 g/mol. The summed E-state index contributed by atoms with van der Waals surface area (Å²) in [6, 6.07) is 15.3. The molecule has 1 fully saturated rings. The van der Waals surface area contributed by atoms with Crippen LogP contribution in [0.3, 0.4) is 0 Å². The van der Waals surface area contributed by atoms with E-state index in [-0.39, 0.29) is 11.8 Å². The van der Waals surface area contributed by atoms with Gasteiger partial charge in [-0.1, -0.05) is 12.1 Å². The topological polar surface area (TPSA) is 71.5 Å². The maximum absolute atomic E-state index is 12.8. The normalized spacial score (nSPS) is 14.1. The highest BCUT2D eigenvalue weighted by Crippen LogP contribution is 2.23. The summed E-state index contributed by atoms with van der Waals surface area (Å²) in [4.78, 5) is 31.4. The van der Waals surface area contributed by atoms with E-state index in [2.05, 4.69) is 10.3 Å². The summed E-state index contributed by atoms with van der Waals surface area (Å²) in [6.07, 6.45) is 2.57. The fourth-order valence-electron chi connectivity index (χ4n) is 3.79. The molecule has 0 spiro atoms. The summed E-state index contributed by atoms with van der Waals surface area (Å²) >= 11 is 0. The van der Waals surface area contributed by atoms with Crippen LogP contribution in [0.4, 0.5) is 5.69 Å². The predicted molar refractivity (Wildman–Crippen MR) is 117 cm³/mol. The SMILES string of the molecule is COc1ccc2cc(C(=O)NCc3cccc(N4CCCCC4=O)c3)c(C)nc2c1. The molecule has 6 nitrogen and oxygen atoms in total. The molecule has 0 atom stereocenters. The van der Waals surface area contributed by atoms with Crippen LogP contribution in [-0.2, 0) is 11.3 Å². The maximum atomic E-state index is 12.8. The summed E-state index contributed by atoms with van der Waals surface area (Å²) in [5.74, 6) is 0.729. The number of fused-ring (bicyclic) bond motifs is 1. The van der Waals surface area contributed by atoms with Crippen molar-refractivity contribution in [1.82, 2.24) is 10.3 Å². The van der Waals surface area contributed by atoms with Gasteiger partial charge in [-0.25, -0.2) is 0 Å². The minimum atomic E-state index is -0.169. The van der Waals surface area contributed by atoms with Crippen LogP contribution < -0.4 is 15.0 Å². The Bertz CT molecular complexity index is 1110. The quantitative estimate of drug-likeness (QED) is 0.699. The van der Waals surface area contributed by atoms with Gasteiger partial charge in [0.2, 0.25) is 5.91 Å². The van der Waals surface area contributed by atoms with E-state index in [0.717, 1.165) is 47.3 Å². The Kier molecular flexibility index (Phi) is 5.65. The Morgan fingerprint density at radius 2 is 2.03 bits per heavy atom. The summed E-state index contributed by atoms with van der Waals surface area (Å²) in [5.41, 5.74) is 3.86. The summed E-state index contributed by atoms with van der Waals surface area (Å²) in [5, 5.41) is 3.86. The molecule has 0 saturated carbocycles. The van der Waals surface area contributed by atoms with Crippen molar-refractivity contribution in [3.63, 3.8) is 0 Å². The third-order valence-corrected chi connectivity index (χ3v) is 5.46. The largest absolute Gasteiger partial charge is 0.497 e. The molecule has 0 radical (unpaired) electrons. The molecule has 1 N–H and O–H groups in total. The van der Waals surface area contributed by atoms with Crippen LogP contribution in [0.25, 0.3) is 10.9 Å². The van der Waals surface area contributed by atoms with Crippen molar-refractivity contribution in [3.8, 4) is 5.75 Å². The first kappa shape index (κ1) is 19.9. The summed E-state index contributed by atoms with van der Waals surface area (Å²) in [7, 11) is 1.62. The highest BCUT2D eigenvalue weighted by atomic mass is 16.5. The number of methoxy groups -OCH3 is 1. The molecule has 3 aromatic rings. The van der Waals surface area contributed by atoms with Crippen LogP contribution in [-0.4, -0.2) is 30.5 Å². The Balaban J connectivity index is 1.49. The second-order valence-electron chi connectivity index (χ2n) is 7.54. The number of aromatic nitrogens is 1. The lowest BCUT2D eigenvalue weighted by Gasteiger charge is -2.27. The van der Waals surface area contributed by atoms with E-state index in [4.69, 9.17) is 4.74 Å². The molecule has 1 aliphatic heterocycles. The molecule has 4 rings (SSSR count). The van der Waals surface area contributed by atoms with Crippen molar-refractivity contribution in [1.29, 1.82) is 0 Å². The number of ether oxygens (including phenoxy) is 1. The van der Waals surface area contributed by atoms with E-state index >= 15 is 0 Å². The molecule has 0 unspecified atom stereocenters. The van der Waals surface area contributed by atoms with Crippen molar-refractivity contribution < 1.29 is 14.3 Å². The number of carbonyl (C=O) groups excluding carboxylic acids is 2. The number of aryl methyl sites for hydroxylation is 1. The van der Waals surface area contributed by atoms with Crippen molar-refractivity contribution in [2.75, 3.05) is 18.6 Å². The molecule has 2 amide bonds. The van der Waals surface area contributed by atoms with Gasteiger partial charge >= 0.3 is 0 Å². The van der Waals surface area contributed by atoms with E-state index in [1.54, 1.807) is 7.11 Å². The number of anilines is 1. The van der Waals surface area contributed by atoms with Gasteiger partial charge in [0.15, 0.2) is 0 Å². The van der Waals surface area contributed by atoms with Gasteiger partial charge in [0.25, 0.3) is 5.91 Å². The number of nitrogens with one attached hydrogen (secondary N) is 1. The van der Waals surface area contributed by atoms with Crippen LogP contribution in [0, 0.1) is 6.92 Å². The molecular formula is C24H25N3O3. The first-order chi connectivity index (χ1) is 14.5. The molecule has 1 saturated heterocycles. The first-order valence-electron chi connectivity index (χ1n) is 10.2. The molecule has 1 aliphatic rings. The van der Waals surface area contributed by atoms with Crippen molar-refractivity contribution in [3.05, 3.63) is 65.4 Å². The van der Waals surface area contributed by atoms with E-state index < -0.39 is 0 Å². The number of benzene rings is 2. The third kappa shape index (κ3) is 4.13. The Hall–Kier alpha value is -3.41. The lowest BCUT2D eigenvalue weighted by atomic mass is 10.1. The number of rotatable bonds is 5. The molecule has 154 valence electrons. The molecule has 30 heavy (non-hydrogen) atoms. The van der Waals surface area contributed by atoms with Crippen LogP contribution >= 0.6 is 0 Å². The Morgan fingerprint density at radius 3 is 2.83 bits per heavy atom. The number of nitrogens with zero attached hydrogens (tertiary/aromatic N) is 2. The number of piperidine rings is 1. The number of carbonyl (C=O) groups is 2. The zero-order valence-corrected chi connectivity index (χ0v) is 17.3. The highest BCUT2D eigenvalue weighted by molar-refractivity contribution is 5.99. The Labute approximate surface area is 175 Å². The zero-order chi connectivity index (χ0) is 21.1. The second kappa shape index (κ2) is 8.53. The second-order valence-corrected chi connectivity index (χ2v) is 7.54. The zero-order valence-electron chi connectivity index (χ0n) is 17.3. The Morgan fingerprint density at radius 1 is 1.17 bits per heavy atom. The van der Waals surface area contributed by atoms with Gasteiger partial charge in [-0.05, 0) is 55.7 Å². The highest BCUT2D eigenvalue weighted by Gasteiger charge is 2.19. The number of amides is 2. The van der Waals surface area contributed by atoms with E-state index in [0.29, 0.717) is 24.2 Å². The van der Waals surface area contributed by atoms with Crippen LogP contribution in [0.5, 0.6) is 5.75 Å². The smallest absolute Gasteiger partial charge is 0.253 e. The molecular weight excluding hydrogens is 378 g/mol. The number of hydrogen-bond acceptors (Lipinski definition) is 4. The lowest BCUT2D eigenvalue weighted by molar-refractivity contribution is -0.119. The van der Waals surface area contributed by atoms with E-state index in [9.17, 15) is 9.59 Å². The molecule has 1 aromatic heterocycles. The standard InChI is InChI=1S/C24H25N3O3/c1-16-21(13-18-9-10-20(30-2)14-22(18)26-16)24(29)25-15-17-6-5-7-19(12-17)27-11-4-3-8-23(27)28/h5-7,9-10,12-14H,3-4,8,11,15H2,1-2H3,(H,25,29). The van der Waals surface area contributed by atoms with Gasteiger partial charge in [0, 0.05) is 36.7 Å². The van der Waals surface area contributed by atoms with Crippen molar-refractivity contribution in [2.24, 2.45) is 0 Å². The number of pyridine rings is 1. The van der Waals surface area contributed by atoms with Crippen LogP contribution in [0.15, 0.2) is 48.5 Å². The molecule has 0 bridgehead atoms. The van der Waals surface area contributed by atoms with Gasteiger partial charge in [-0.2, -0.15) is 0 Å². The fourth-order valence-corrected chi connectivity index (χ4v) is 3.79. The van der Waals surface area contributed by atoms with Crippen LogP contribution in [0.1, 0.15) is 40.9 Å². The van der Waals surface area contributed by atoms with Crippen LogP contribution in [0.2, 0.25) is 0 Å². The van der Waals surface area contributed by atoms with Gasteiger partial charge in [0.1, 0.15) is 5.75 Å². The minimum absolute atomic E-state index is 0.164. The van der Waals surface area contributed by atoms with Crippen molar-refractivity contribution in [2.45, 2.75) is 32.7 Å². The molecule has 6 heteroatoms. The molecule has 0 aliphatic carbocycles. The third-order valence-electron chi connectivity index (χ3n) is 5.46. The lowest BCUT2D eigenvalue weighted by Crippen LogP contribution is -2.35.